The number of fused-ring (bicyclic) bond motifs is 3. The molecule has 0 saturated carbocycles. The highest BCUT2D eigenvalue weighted by Crippen LogP contribution is 2.29. The van der Waals surface area contributed by atoms with Gasteiger partial charge < -0.3 is 14.6 Å². The summed E-state index contributed by atoms with van der Waals surface area (Å²) in [5, 5.41) is 4.26. The fourth-order valence-electron chi connectivity index (χ4n) is 3.52. The van der Waals surface area contributed by atoms with Crippen LogP contribution in [0, 0.1) is 6.92 Å². The van der Waals surface area contributed by atoms with Gasteiger partial charge in [0.2, 0.25) is 5.91 Å². The van der Waals surface area contributed by atoms with Crippen molar-refractivity contribution in [2.75, 3.05) is 12.9 Å². The minimum atomic E-state index is -0.148. The fraction of sp³-hybridized carbons (Fsp3) is 0.261. The van der Waals surface area contributed by atoms with E-state index in [1.165, 1.54) is 21.9 Å². The number of thioether (sulfide) groups is 1. The molecule has 2 aromatic carbocycles. The lowest BCUT2D eigenvalue weighted by atomic mass is 10.1. The topological polar surface area (TPSA) is 78.2 Å². The monoisotopic (exact) mass is 436 g/mol. The summed E-state index contributed by atoms with van der Waals surface area (Å²) in [7, 11) is 5.14. The van der Waals surface area contributed by atoms with Crippen LogP contribution in [0.3, 0.4) is 0 Å². The molecular formula is C23H24N4O3S. The van der Waals surface area contributed by atoms with Gasteiger partial charge >= 0.3 is 0 Å². The standard InChI is InChI=1S/C23H24N4O3S/c1-14-5-7-15(8-6-14)12-24-19(28)13-31-23-25-20-17-11-16(30-4)9-10-18(17)26(2)21(20)22(29)27(23)3/h5-11H,12-13H2,1-4H3,(H,24,28). The van der Waals surface area contributed by atoms with Crippen LogP contribution in [0.5, 0.6) is 5.75 Å². The Morgan fingerprint density at radius 2 is 1.87 bits per heavy atom. The number of carbonyl (C=O) groups excluding carboxylic acids is 1. The Morgan fingerprint density at radius 3 is 2.58 bits per heavy atom. The van der Waals surface area contributed by atoms with Gasteiger partial charge in [0.15, 0.2) is 5.16 Å². The highest BCUT2D eigenvalue weighted by atomic mass is 32.2. The maximum Gasteiger partial charge on any atom is 0.278 e. The Hall–Kier alpha value is -3.26. The highest BCUT2D eigenvalue weighted by Gasteiger charge is 2.18. The molecule has 0 spiro atoms. The number of aryl methyl sites for hydroxylation is 2. The quantitative estimate of drug-likeness (QED) is 0.371. The largest absolute Gasteiger partial charge is 0.497 e. The number of methoxy groups -OCH3 is 1. The van der Waals surface area contributed by atoms with E-state index < -0.39 is 0 Å². The van der Waals surface area contributed by atoms with E-state index in [1.807, 2.05) is 61.0 Å². The summed E-state index contributed by atoms with van der Waals surface area (Å²) in [6, 6.07) is 13.7. The zero-order valence-electron chi connectivity index (χ0n) is 17.9. The maximum atomic E-state index is 13.0. The first kappa shape index (κ1) is 21.0. The van der Waals surface area contributed by atoms with Crippen LogP contribution in [0.1, 0.15) is 11.1 Å². The number of hydrogen-bond acceptors (Lipinski definition) is 5. The minimum absolute atomic E-state index is 0.112. The zero-order valence-corrected chi connectivity index (χ0v) is 18.7. The SMILES string of the molecule is COc1ccc2c(c1)c1nc(SCC(=O)NCc3ccc(C)cc3)n(C)c(=O)c1n2C. The summed E-state index contributed by atoms with van der Waals surface area (Å²) in [5.41, 5.74) is 4.12. The second kappa shape index (κ2) is 8.47. The van der Waals surface area contributed by atoms with Crippen LogP contribution in [0.4, 0.5) is 0 Å². The summed E-state index contributed by atoms with van der Waals surface area (Å²) < 4.78 is 8.68. The third-order valence-electron chi connectivity index (χ3n) is 5.32. The molecule has 31 heavy (non-hydrogen) atoms. The fourth-order valence-corrected chi connectivity index (χ4v) is 4.32. The second-order valence-electron chi connectivity index (χ2n) is 7.45. The van der Waals surface area contributed by atoms with E-state index in [1.54, 1.807) is 14.2 Å². The predicted molar refractivity (Wildman–Crippen MR) is 124 cm³/mol. The summed E-state index contributed by atoms with van der Waals surface area (Å²) in [6.07, 6.45) is 0. The molecule has 8 heteroatoms. The first-order chi connectivity index (χ1) is 14.9. The van der Waals surface area contributed by atoms with E-state index in [9.17, 15) is 9.59 Å². The van der Waals surface area contributed by atoms with Gasteiger partial charge in [-0.05, 0) is 30.7 Å². The minimum Gasteiger partial charge on any atom is -0.497 e. The van der Waals surface area contributed by atoms with Crippen molar-refractivity contribution < 1.29 is 9.53 Å². The lowest BCUT2D eigenvalue weighted by Crippen LogP contribution is -2.26. The number of amides is 1. The molecule has 0 aliphatic heterocycles. The van der Waals surface area contributed by atoms with Crippen LogP contribution < -0.4 is 15.6 Å². The number of nitrogens with one attached hydrogen (secondary N) is 1. The number of nitrogens with zero attached hydrogens (tertiary/aromatic N) is 3. The Balaban J connectivity index is 1.58. The van der Waals surface area contributed by atoms with Crippen molar-refractivity contribution >= 4 is 39.6 Å². The number of hydrogen-bond donors (Lipinski definition) is 1. The molecule has 0 aliphatic rings. The van der Waals surface area contributed by atoms with Crippen molar-refractivity contribution in [1.82, 2.24) is 19.4 Å². The third kappa shape index (κ3) is 4.03. The summed E-state index contributed by atoms with van der Waals surface area (Å²) >= 11 is 1.25. The third-order valence-corrected chi connectivity index (χ3v) is 6.35. The lowest BCUT2D eigenvalue weighted by Gasteiger charge is -2.09. The Labute approximate surface area is 184 Å². The van der Waals surface area contributed by atoms with Crippen molar-refractivity contribution in [2.45, 2.75) is 18.6 Å². The molecule has 0 saturated heterocycles. The van der Waals surface area contributed by atoms with Gasteiger partial charge in [-0.2, -0.15) is 0 Å². The number of carbonyl (C=O) groups is 1. The van der Waals surface area contributed by atoms with Gasteiger partial charge in [0.25, 0.3) is 5.56 Å². The lowest BCUT2D eigenvalue weighted by molar-refractivity contribution is -0.118. The van der Waals surface area contributed by atoms with Crippen molar-refractivity contribution in [3.05, 3.63) is 63.9 Å². The molecule has 160 valence electrons. The summed E-state index contributed by atoms with van der Waals surface area (Å²) in [5.74, 6) is 0.762. The predicted octanol–water partition coefficient (Wildman–Crippen LogP) is 3.15. The van der Waals surface area contributed by atoms with Gasteiger partial charge in [-0.1, -0.05) is 41.6 Å². The van der Waals surface area contributed by atoms with Crippen LogP contribution >= 0.6 is 11.8 Å². The molecule has 0 atom stereocenters. The number of benzene rings is 2. The maximum absolute atomic E-state index is 13.0. The van der Waals surface area contributed by atoms with Gasteiger partial charge in [0.1, 0.15) is 16.8 Å². The van der Waals surface area contributed by atoms with Crippen LogP contribution in [-0.4, -0.2) is 32.9 Å². The zero-order chi connectivity index (χ0) is 22.1. The van der Waals surface area contributed by atoms with E-state index in [0.29, 0.717) is 28.5 Å². The van der Waals surface area contributed by atoms with Crippen molar-refractivity contribution in [3.63, 3.8) is 0 Å². The molecule has 0 aliphatic carbocycles. The van der Waals surface area contributed by atoms with Gasteiger partial charge in [-0.3, -0.25) is 14.2 Å². The van der Waals surface area contributed by atoms with Gasteiger partial charge in [0, 0.05) is 26.0 Å². The molecule has 0 bridgehead atoms. The van der Waals surface area contributed by atoms with Crippen LogP contribution in [0.15, 0.2) is 52.4 Å². The van der Waals surface area contributed by atoms with Crippen LogP contribution in [0.2, 0.25) is 0 Å². The smallest absolute Gasteiger partial charge is 0.278 e. The van der Waals surface area contributed by atoms with Crippen LogP contribution in [-0.2, 0) is 25.4 Å². The van der Waals surface area contributed by atoms with Crippen molar-refractivity contribution in [2.24, 2.45) is 14.1 Å². The molecule has 0 unspecified atom stereocenters. The van der Waals surface area contributed by atoms with E-state index in [2.05, 4.69) is 5.32 Å². The molecular weight excluding hydrogens is 412 g/mol. The molecule has 2 heterocycles. The number of aromatic nitrogens is 3. The van der Waals surface area contributed by atoms with Crippen molar-refractivity contribution in [3.8, 4) is 5.75 Å². The average molecular weight is 437 g/mol. The molecule has 0 fully saturated rings. The van der Waals surface area contributed by atoms with E-state index in [-0.39, 0.29) is 17.2 Å². The molecule has 2 aromatic heterocycles. The Bertz CT molecular complexity index is 1340. The average Bonchev–Trinajstić information content (AvgIpc) is 3.06. The number of ether oxygens (including phenoxy) is 1. The van der Waals surface area contributed by atoms with Gasteiger partial charge in [0.05, 0.1) is 18.4 Å². The van der Waals surface area contributed by atoms with Gasteiger partial charge in [-0.15, -0.1) is 0 Å². The van der Waals surface area contributed by atoms with Crippen molar-refractivity contribution in [1.29, 1.82) is 0 Å². The Morgan fingerprint density at radius 1 is 1.13 bits per heavy atom. The number of rotatable bonds is 6. The molecule has 4 rings (SSSR count). The first-order valence-corrected chi connectivity index (χ1v) is 10.9. The molecule has 0 radical (unpaired) electrons. The molecule has 4 aromatic rings. The first-order valence-electron chi connectivity index (χ1n) is 9.87. The van der Waals surface area contributed by atoms with Crippen LogP contribution in [0.25, 0.3) is 21.9 Å². The molecule has 1 amide bonds. The Kier molecular flexibility index (Phi) is 5.73. The molecule has 7 nitrogen and oxygen atoms in total. The highest BCUT2D eigenvalue weighted by molar-refractivity contribution is 7.99. The summed E-state index contributed by atoms with van der Waals surface area (Å²) in [4.78, 5) is 30.1. The molecule has 1 N–H and O–H groups in total. The van der Waals surface area contributed by atoms with E-state index in [0.717, 1.165) is 16.5 Å². The normalized spacial score (nSPS) is 11.2. The van der Waals surface area contributed by atoms with Gasteiger partial charge in [-0.25, -0.2) is 4.98 Å². The van der Waals surface area contributed by atoms with E-state index >= 15 is 0 Å². The van der Waals surface area contributed by atoms with E-state index in [4.69, 9.17) is 9.72 Å². The second-order valence-corrected chi connectivity index (χ2v) is 8.39. The summed E-state index contributed by atoms with van der Waals surface area (Å²) in [6.45, 7) is 2.49.